The predicted octanol–water partition coefficient (Wildman–Crippen LogP) is 4.71. The van der Waals surface area contributed by atoms with Crippen molar-refractivity contribution >= 4 is 11.6 Å². The van der Waals surface area contributed by atoms with Crippen molar-refractivity contribution in [3.05, 3.63) is 58.9 Å². The average molecular weight is 235 g/mol. The number of hydrogen-bond acceptors (Lipinski definition) is 0. The largest absolute Gasteiger partial charge is 0.206 e. The van der Waals surface area contributed by atoms with E-state index in [1.165, 1.54) is 6.07 Å². The van der Waals surface area contributed by atoms with E-state index in [4.69, 9.17) is 11.6 Å². The highest BCUT2D eigenvalue weighted by atomic mass is 35.5. The fourth-order valence-corrected chi connectivity index (χ4v) is 2.09. The third-order valence-electron chi connectivity index (χ3n) is 2.63. The van der Waals surface area contributed by atoms with E-state index < -0.39 is 0 Å². The summed E-state index contributed by atoms with van der Waals surface area (Å²) in [6.45, 7) is 2.05. The number of rotatable bonds is 2. The molecule has 0 aromatic heterocycles. The van der Waals surface area contributed by atoms with Crippen molar-refractivity contribution in [2.75, 3.05) is 0 Å². The highest BCUT2D eigenvalue weighted by Crippen LogP contribution is 2.32. The van der Waals surface area contributed by atoms with Crippen molar-refractivity contribution in [2.24, 2.45) is 0 Å². The standard InChI is InChI=1S/C14H12ClF/c1-2-10-6-3-4-7-11(10)14-12(15)8-5-9-13(14)16/h3-9H,2H2,1H3. The monoisotopic (exact) mass is 234 g/mol. The van der Waals surface area contributed by atoms with E-state index in [-0.39, 0.29) is 5.82 Å². The predicted molar refractivity (Wildman–Crippen MR) is 66.2 cm³/mol. The number of aryl methyl sites for hydroxylation is 1. The SMILES string of the molecule is CCc1ccccc1-c1c(F)cccc1Cl. The summed E-state index contributed by atoms with van der Waals surface area (Å²) in [6.07, 6.45) is 0.862. The summed E-state index contributed by atoms with van der Waals surface area (Å²) in [4.78, 5) is 0. The van der Waals surface area contributed by atoms with Crippen molar-refractivity contribution in [2.45, 2.75) is 13.3 Å². The van der Waals surface area contributed by atoms with Gasteiger partial charge in [-0.3, -0.25) is 0 Å². The van der Waals surface area contributed by atoms with Gasteiger partial charge in [0.15, 0.2) is 0 Å². The van der Waals surface area contributed by atoms with Gasteiger partial charge in [0.2, 0.25) is 0 Å². The molecular formula is C14H12ClF. The summed E-state index contributed by atoms with van der Waals surface area (Å²) in [5, 5.41) is 0.459. The highest BCUT2D eigenvalue weighted by molar-refractivity contribution is 6.33. The molecular weight excluding hydrogens is 223 g/mol. The van der Waals surface area contributed by atoms with Gasteiger partial charge in [0, 0.05) is 5.56 Å². The molecule has 0 heterocycles. The number of halogens is 2. The minimum atomic E-state index is -0.270. The fraction of sp³-hybridized carbons (Fsp3) is 0.143. The zero-order valence-corrected chi connectivity index (χ0v) is 9.76. The van der Waals surface area contributed by atoms with Gasteiger partial charge < -0.3 is 0 Å². The Hall–Kier alpha value is -1.34. The Morgan fingerprint density at radius 3 is 2.50 bits per heavy atom. The van der Waals surface area contributed by atoms with E-state index in [1.807, 2.05) is 31.2 Å². The van der Waals surface area contributed by atoms with Gasteiger partial charge in [0.05, 0.1) is 5.02 Å². The summed E-state index contributed by atoms with van der Waals surface area (Å²) in [5.74, 6) is -0.270. The molecule has 2 rings (SSSR count). The van der Waals surface area contributed by atoms with Gasteiger partial charge in [0.25, 0.3) is 0 Å². The molecule has 0 nitrogen and oxygen atoms in total. The minimum absolute atomic E-state index is 0.270. The smallest absolute Gasteiger partial charge is 0.132 e. The van der Waals surface area contributed by atoms with Crippen LogP contribution < -0.4 is 0 Å². The first-order valence-corrected chi connectivity index (χ1v) is 5.64. The van der Waals surface area contributed by atoms with Crippen LogP contribution in [0.25, 0.3) is 11.1 Å². The Morgan fingerprint density at radius 2 is 1.81 bits per heavy atom. The molecule has 0 aliphatic heterocycles. The summed E-state index contributed by atoms with van der Waals surface area (Å²) in [6, 6.07) is 12.5. The van der Waals surface area contributed by atoms with E-state index >= 15 is 0 Å². The van der Waals surface area contributed by atoms with Crippen molar-refractivity contribution in [1.82, 2.24) is 0 Å². The van der Waals surface area contributed by atoms with Crippen LogP contribution in [0.2, 0.25) is 5.02 Å². The lowest BCUT2D eigenvalue weighted by atomic mass is 9.98. The lowest BCUT2D eigenvalue weighted by Crippen LogP contribution is -1.91. The molecule has 0 saturated heterocycles. The Labute approximate surface area is 99.7 Å². The van der Waals surface area contributed by atoms with E-state index in [0.29, 0.717) is 10.6 Å². The highest BCUT2D eigenvalue weighted by Gasteiger charge is 2.11. The van der Waals surface area contributed by atoms with Crippen molar-refractivity contribution in [1.29, 1.82) is 0 Å². The Bertz CT molecular complexity index is 486. The second-order valence-corrected chi connectivity index (χ2v) is 4.01. The van der Waals surface area contributed by atoms with Crippen LogP contribution in [-0.2, 0) is 6.42 Å². The summed E-state index contributed by atoms with van der Waals surface area (Å²) in [5.41, 5.74) is 2.49. The maximum atomic E-state index is 13.8. The van der Waals surface area contributed by atoms with Crippen LogP contribution >= 0.6 is 11.6 Å². The van der Waals surface area contributed by atoms with Gasteiger partial charge in [-0.05, 0) is 29.7 Å². The molecule has 0 fully saturated rings. The molecule has 0 aliphatic carbocycles. The van der Waals surface area contributed by atoms with Gasteiger partial charge in [-0.25, -0.2) is 4.39 Å². The normalized spacial score (nSPS) is 10.4. The fourth-order valence-electron chi connectivity index (χ4n) is 1.83. The van der Waals surface area contributed by atoms with E-state index in [0.717, 1.165) is 17.5 Å². The Kier molecular flexibility index (Phi) is 3.25. The van der Waals surface area contributed by atoms with Crippen LogP contribution in [0.4, 0.5) is 4.39 Å². The first kappa shape index (κ1) is 11.2. The molecule has 2 heteroatoms. The molecule has 0 unspecified atom stereocenters. The van der Waals surface area contributed by atoms with Crippen LogP contribution in [0.5, 0.6) is 0 Å². The second-order valence-electron chi connectivity index (χ2n) is 3.61. The topological polar surface area (TPSA) is 0 Å². The van der Waals surface area contributed by atoms with Gasteiger partial charge in [-0.15, -0.1) is 0 Å². The third-order valence-corrected chi connectivity index (χ3v) is 2.95. The van der Waals surface area contributed by atoms with E-state index in [9.17, 15) is 4.39 Å². The maximum Gasteiger partial charge on any atom is 0.132 e. The second kappa shape index (κ2) is 4.67. The lowest BCUT2D eigenvalue weighted by Gasteiger charge is -2.10. The molecule has 0 atom stereocenters. The maximum absolute atomic E-state index is 13.8. The molecule has 0 amide bonds. The molecule has 16 heavy (non-hydrogen) atoms. The van der Waals surface area contributed by atoms with E-state index in [2.05, 4.69) is 0 Å². The lowest BCUT2D eigenvalue weighted by molar-refractivity contribution is 0.631. The molecule has 2 aromatic rings. The molecule has 0 aliphatic rings. The number of hydrogen-bond donors (Lipinski definition) is 0. The van der Waals surface area contributed by atoms with Crippen molar-refractivity contribution < 1.29 is 4.39 Å². The summed E-state index contributed by atoms with van der Waals surface area (Å²) >= 11 is 6.05. The Balaban J connectivity index is 2.67. The van der Waals surface area contributed by atoms with Gasteiger partial charge in [0.1, 0.15) is 5.82 Å². The zero-order valence-electron chi connectivity index (χ0n) is 9.00. The Morgan fingerprint density at radius 1 is 1.06 bits per heavy atom. The van der Waals surface area contributed by atoms with Gasteiger partial charge >= 0.3 is 0 Å². The third kappa shape index (κ3) is 1.96. The molecule has 0 N–H and O–H groups in total. The van der Waals surface area contributed by atoms with Crippen LogP contribution in [0.3, 0.4) is 0 Å². The average Bonchev–Trinajstić information content (AvgIpc) is 2.29. The molecule has 0 radical (unpaired) electrons. The van der Waals surface area contributed by atoms with Crippen LogP contribution in [0.1, 0.15) is 12.5 Å². The van der Waals surface area contributed by atoms with Gasteiger partial charge in [-0.1, -0.05) is 48.9 Å². The molecule has 82 valence electrons. The minimum Gasteiger partial charge on any atom is -0.206 e. The van der Waals surface area contributed by atoms with Gasteiger partial charge in [-0.2, -0.15) is 0 Å². The zero-order chi connectivity index (χ0) is 11.5. The summed E-state index contributed by atoms with van der Waals surface area (Å²) < 4.78 is 13.8. The van der Waals surface area contributed by atoms with Crippen molar-refractivity contribution in [3.8, 4) is 11.1 Å². The first-order chi connectivity index (χ1) is 7.74. The molecule has 0 saturated carbocycles. The van der Waals surface area contributed by atoms with E-state index in [1.54, 1.807) is 12.1 Å². The van der Waals surface area contributed by atoms with Crippen LogP contribution in [0, 0.1) is 5.82 Å². The van der Waals surface area contributed by atoms with Crippen molar-refractivity contribution in [3.63, 3.8) is 0 Å². The first-order valence-electron chi connectivity index (χ1n) is 5.26. The molecule has 0 spiro atoms. The van der Waals surface area contributed by atoms with Crippen LogP contribution in [-0.4, -0.2) is 0 Å². The number of benzene rings is 2. The van der Waals surface area contributed by atoms with Crippen LogP contribution in [0.15, 0.2) is 42.5 Å². The molecule has 2 aromatic carbocycles. The molecule has 0 bridgehead atoms. The quantitative estimate of drug-likeness (QED) is 0.706. The summed E-state index contributed by atoms with van der Waals surface area (Å²) in [7, 11) is 0.